The SMILES string of the molecule is N=c1[nH]c(=O)c2c(C(=O)O)c3cccc4c5cccc6cccc(c65)c(c12)c34. The molecule has 5 aromatic carbocycles. The highest BCUT2D eigenvalue weighted by atomic mass is 16.4. The number of carbonyl (C=O) groups is 1. The molecule has 0 bridgehead atoms. The number of hydrogen-bond acceptors (Lipinski definition) is 3. The number of nitrogens with one attached hydrogen (secondary N) is 2. The molecule has 0 saturated heterocycles. The Morgan fingerprint density at radius 2 is 1.36 bits per heavy atom. The molecular weight excluding hydrogens is 352 g/mol. The number of hydrogen-bond donors (Lipinski definition) is 3. The van der Waals surface area contributed by atoms with Gasteiger partial charge in [0, 0.05) is 10.8 Å². The van der Waals surface area contributed by atoms with Gasteiger partial charge >= 0.3 is 5.97 Å². The van der Waals surface area contributed by atoms with Gasteiger partial charge in [-0.25, -0.2) is 4.79 Å². The van der Waals surface area contributed by atoms with Crippen LogP contribution in [0, 0.1) is 5.41 Å². The topological polar surface area (TPSA) is 94.0 Å². The van der Waals surface area contributed by atoms with Crippen LogP contribution in [0.2, 0.25) is 0 Å². The van der Waals surface area contributed by atoms with E-state index < -0.39 is 11.5 Å². The predicted molar refractivity (Wildman–Crippen MR) is 110 cm³/mol. The first-order chi connectivity index (χ1) is 13.6. The molecule has 0 unspecified atom stereocenters. The fourth-order valence-corrected chi connectivity index (χ4v) is 4.74. The molecule has 6 rings (SSSR count). The number of H-pyrrole nitrogens is 1. The lowest BCUT2D eigenvalue weighted by atomic mass is 9.86. The second kappa shape index (κ2) is 4.84. The van der Waals surface area contributed by atoms with Crippen LogP contribution >= 0.6 is 0 Å². The molecule has 5 heteroatoms. The van der Waals surface area contributed by atoms with E-state index in [9.17, 15) is 14.7 Å². The third-order valence-corrected chi connectivity index (χ3v) is 5.73. The Hall–Kier alpha value is -3.99. The van der Waals surface area contributed by atoms with Crippen LogP contribution in [0.5, 0.6) is 0 Å². The number of rotatable bonds is 1. The fourth-order valence-electron chi connectivity index (χ4n) is 4.74. The van der Waals surface area contributed by atoms with Crippen molar-refractivity contribution in [3.63, 3.8) is 0 Å². The Morgan fingerprint density at radius 3 is 2.07 bits per heavy atom. The van der Waals surface area contributed by atoms with Crippen molar-refractivity contribution in [2.45, 2.75) is 0 Å². The van der Waals surface area contributed by atoms with E-state index in [0.717, 1.165) is 37.7 Å². The molecule has 6 aromatic rings. The Bertz CT molecular complexity index is 1730. The highest BCUT2D eigenvalue weighted by molar-refractivity contribution is 6.40. The molecule has 0 radical (unpaired) electrons. The van der Waals surface area contributed by atoms with Crippen LogP contribution in [0.3, 0.4) is 0 Å². The van der Waals surface area contributed by atoms with Gasteiger partial charge in [0.2, 0.25) is 0 Å². The maximum atomic E-state index is 12.6. The van der Waals surface area contributed by atoms with Gasteiger partial charge in [0.1, 0.15) is 5.49 Å². The highest BCUT2D eigenvalue weighted by Gasteiger charge is 2.24. The van der Waals surface area contributed by atoms with Crippen LogP contribution in [-0.2, 0) is 0 Å². The average molecular weight is 364 g/mol. The molecule has 0 aliphatic carbocycles. The third-order valence-electron chi connectivity index (χ3n) is 5.73. The molecule has 5 nitrogen and oxygen atoms in total. The molecule has 0 spiro atoms. The van der Waals surface area contributed by atoms with Gasteiger partial charge in [-0.3, -0.25) is 10.2 Å². The van der Waals surface area contributed by atoms with Gasteiger partial charge in [-0.15, -0.1) is 0 Å². The summed E-state index contributed by atoms with van der Waals surface area (Å²) >= 11 is 0. The van der Waals surface area contributed by atoms with Gasteiger partial charge in [-0.05, 0) is 37.7 Å². The summed E-state index contributed by atoms with van der Waals surface area (Å²) in [4.78, 5) is 27.2. The lowest BCUT2D eigenvalue weighted by molar-refractivity contribution is 0.0701. The van der Waals surface area contributed by atoms with Crippen molar-refractivity contribution >= 4 is 59.8 Å². The van der Waals surface area contributed by atoms with Crippen molar-refractivity contribution in [1.82, 2.24) is 4.98 Å². The van der Waals surface area contributed by atoms with Crippen molar-refractivity contribution in [2.24, 2.45) is 0 Å². The van der Waals surface area contributed by atoms with Gasteiger partial charge in [0.15, 0.2) is 0 Å². The zero-order chi connectivity index (χ0) is 19.2. The van der Waals surface area contributed by atoms with Crippen LogP contribution in [0.15, 0.2) is 59.4 Å². The summed E-state index contributed by atoms with van der Waals surface area (Å²) in [5.74, 6) is -1.16. The van der Waals surface area contributed by atoms with E-state index in [-0.39, 0.29) is 16.4 Å². The molecule has 0 saturated carbocycles. The largest absolute Gasteiger partial charge is 0.478 e. The van der Waals surface area contributed by atoms with E-state index in [1.54, 1.807) is 6.07 Å². The normalized spacial score (nSPS) is 12.1. The first-order valence-corrected chi connectivity index (χ1v) is 8.86. The third kappa shape index (κ3) is 1.60. The molecule has 28 heavy (non-hydrogen) atoms. The second-order valence-corrected chi connectivity index (χ2v) is 7.07. The van der Waals surface area contributed by atoms with Gasteiger partial charge in [0.05, 0.1) is 10.9 Å². The van der Waals surface area contributed by atoms with E-state index in [2.05, 4.69) is 4.98 Å². The number of aromatic carboxylic acids is 1. The number of fused-ring (bicyclic) bond motifs is 4. The first-order valence-electron chi connectivity index (χ1n) is 8.86. The number of aromatic amines is 1. The summed E-state index contributed by atoms with van der Waals surface area (Å²) in [5, 5.41) is 25.8. The van der Waals surface area contributed by atoms with E-state index >= 15 is 0 Å². The van der Waals surface area contributed by atoms with Gasteiger partial charge < -0.3 is 10.1 Å². The summed E-state index contributed by atoms with van der Waals surface area (Å²) in [6.45, 7) is 0. The van der Waals surface area contributed by atoms with E-state index in [4.69, 9.17) is 5.41 Å². The standard InChI is InChI=1S/C23H12N2O3/c24-21-19-17-13-8-2-5-10-4-1-6-11(15(10)13)12-7-3-9-14(16(12)17)18(23(27)28)20(19)22(26)25-21/h1-9H,(H,27,28)(H2,24,25,26). The van der Waals surface area contributed by atoms with Crippen molar-refractivity contribution in [3.05, 3.63) is 76.0 Å². The Labute approximate surface area is 156 Å². The molecule has 0 fully saturated rings. The van der Waals surface area contributed by atoms with Crippen molar-refractivity contribution < 1.29 is 9.90 Å². The van der Waals surface area contributed by atoms with Crippen LogP contribution in [0.4, 0.5) is 0 Å². The van der Waals surface area contributed by atoms with Crippen LogP contribution in [-0.4, -0.2) is 16.1 Å². The molecule has 0 aliphatic heterocycles. The van der Waals surface area contributed by atoms with E-state index in [1.165, 1.54) is 0 Å². The summed E-state index contributed by atoms with van der Waals surface area (Å²) < 4.78 is 0. The Morgan fingerprint density at radius 1 is 0.750 bits per heavy atom. The van der Waals surface area contributed by atoms with Gasteiger partial charge in [-0.2, -0.15) is 0 Å². The molecule has 0 atom stereocenters. The fraction of sp³-hybridized carbons (Fsp3) is 0. The lowest BCUT2D eigenvalue weighted by Gasteiger charge is -2.16. The summed E-state index contributed by atoms with van der Waals surface area (Å²) in [5.41, 5.74) is -0.625. The highest BCUT2D eigenvalue weighted by Crippen LogP contribution is 2.43. The smallest absolute Gasteiger partial charge is 0.337 e. The molecule has 3 N–H and O–H groups in total. The lowest BCUT2D eigenvalue weighted by Crippen LogP contribution is -2.08. The number of carboxylic acid groups (broad SMARTS) is 1. The number of aromatic nitrogens is 1. The van der Waals surface area contributed by atoms with Crippen LogP contribution in [0.25, 0.3) is 53.9 Å². The summed E-state index contributed by atoms with van der Waals surface area (Å²) in [6.07, 6.45) is 0. The molecule has 1 heterocycles. The van der Waals surface area contributed by atoms with E-state index in [0.29, 0.717) is 10.8 Å². The van der Waals surface area contributed by atoms with Crippen molar-refractivity contribution in [3.8, 4) is 0 Å². The molecule has 0 amide bonds. The molecular formula is C23H12N2O3. The average Bonchev–Trinajstić information content (AvgIpc) is 2.98. The Kier molecular flexibility index (Phi) is 2.61. The minimum absolute atomic E-state index is 0.0399. The zero-order valence-corrected chi connectivity index (χ0v) is 14.5. The maximum absolute atomic E-state index is 12.6. The molecule has 132 valence electrons. The minimum Gasteiger partial charge on any atom is -0.478 e. The zero-order valence-electron chi connectivity index (χ0n) is 14.5. The summed E-state index contributed by atoms with van der Waals surface area (Å²) in [6, 6.07) is 17.6. The minimum atomic E-state index is -1.16. The van der Waals surface area contributed by atoms with E-state index in [1.807, 2.05) is 48.5 Å². The quantitative estimate of drug-likeness (QED) is 0.301. The number of benzene rings is 5. The number of carboxylic acids is 1. The summed E-state index contributed by atoms with van der Waals surface area (Å²) in [7, 11) is 0. The van der Waals surface area contributed by atoms with Crippen LogP contribution < -0.4 is 11.0 Å². The predicted octanol–water partition coefficient (Wildman–Crippen LogP) is 4.19. The molecule has 1 aromatic heterocycles. The maximum Gasteiger partial charge on any atom is 0.337 e. The van der Waals surface area contributed by atoms with Crippen molar-refractivity contribution in [1.29, 1.82) is 5.41 Å². The molecule has 0 aliphatic rings. The van der Waals surface area contributed by atoms with Crippen LogP contribution in [0.1, 0.15) is 10.4 Å². The van der Waals surface area contributed by atoms with Gasteiger partial charge in [-0.1, -0.05) is 54.6 Å². The van der Waals surface area contributed by atoms with Gasteiger partial charge in [0.25, 0.3) is 5.56 Å². The second-order valence-electron chi connectivity index (χ2n) is 7.07. The monoisotopic (exact) mass is 364 g/mol. The first kappa shape index (κ1) is 15.1. The van der Waals surface area contributed by atoms with Crippen molar-refractivity contribution in [2.75, 3.05) is 0 Å². The Balaban J connectivity index is 2.18.